The second kappa shape index (κ2) is 10.4. The zero-order valence-corrected chi connectivity index (χ0v) is 24.5. The number of alkyl halides is 6. The number of amides is 2. The Hall–Kier alpha value is -4.20. The average Bonchev–Trinajstić information content (AvgIpc) is 3.23. The van der Waals surface area contributed by atoms with Crippen LogP contribution in [0.2, 0.25) is 0 Å². The Balaban J connectivity index is 1.48. The number of methoxy groups -OCH3 is 1. The summed E-state index contributed by atoms with van der Waals surface area (Å²) in [6, 6.07) is 4.85. The lowest BCUT2D eigenvalue weighted by atomic mass is 9.59. The molecule has 45 heavy (non-hydrogen) atoms. The number of allylic oxidation sites excluding steroid dienone is 6. The first kappa shape index (κ1) is 30.8. The summed E-state index contributed by atoms with van der Waals surface area (Å²) in [5.41, 5.74) is -3.15. The minimum absolute atomic E-state index is 0.0350. The molecule has 3 aliphatic carbocycles. The highest BCUT2D eigenvalue weighted by Crippen LogP contribution is 2.56. The van der Waals surface area contributed by atoms with Gasteiger partial charge in [-0.15, -0.1) is 0 Å². The fourth-order valence-corrected chi connectivity index (χ4v) is 7.23. The van der Waals surface area contributed by atoms with Gasteiger partial charge in [0.25, 0.3) is 0 Å². The van der Waals surface area contributed by atoms with E-state index in [1.165, 1.54) is 25.3 Å². The van der Waals surface area contributed by atoms with Crippen molar-refractivity contribution >= 4 is 45.0 Å². The van der Waals surface area contributed by atoms with Crippen molar-refractivity contribution in [2.75, 3.05) is 12.0 Å². The number of Topliss-reactive ketones (excluding diaryl/α,β-unsaturated/α-hetero) is 1. The summed E-state index contributed by atoms with van der Waals surface area (Å²) < 4.78 is 86.9. The number of carbonyl (C=O) groups excluding carboxylic acids is 4. The molecule has 0 radical (unpaired) electrons. The minimum atomic E-state index is -5.21. The van der Waals surface area contributed by atoms with E-state index in [1.807, 2.05) is 0 Å². The molecule has 4 atom stereocenters. The van der Waals surface area contributed by atoms with Crippen molar-refractivity contribution in [3.63, 3.8) is 0 Å². The van der Waals surface area contributed by atoms with E-state index in [2.05, 4.69) is 15.9 Å². The monoisotopic (exact) mass is 695 g/mol. The van der Waals surface area contributed by atoms with Gasteiger partial charge in [0, 0.05) is 23.1 Å². The molecule has 0 bridgehead atoms. The fraction of sp³-hybridized carbons (Fsp3) is 0.290. The second-order valence-electron chi connectivity index (χ2n) is 11.1. The van der Waals surface area contributed by atoms with Gasteiger partial charge < -0.3 is 9.84 Å². The van der Waals surface area contributed by atoms with Crippen molar-refractivity contribution in [2.45, 2.75) is 31.1 Å². The number of phenols is 1. The van der Waals surface area contributed by atoms with Gasteiger partial charge in [0.05, 0.1) is 40.2 Å². The quantitative estimate of drug-likeness (QED) is 0.173. The van der Waals surface area contributed by atoms with Gasteiger partial charge in [0.2, 0.25) is 11.8 Å². The lowest BCUT2D eigenvalue weighted by Gasteiger charge is -2.42. The Kier molecular flexibility index (Phi) is 7.14. The molecule has 1 N–H and O–H groups in total. The topological polar surface area (TPSA) is 101 Å². The SMILES string of the molecule is COc1cc([C@H]2C3=CC[C@@H]4C(=O)N(c5cc(C(F)(F)F)cc(C(F)(F)F)c5)C(=O)[C@@H]4[C@@H]3CC3=C2C(=O)C=C(Br)C3=O)ccc1O. The summed E-state index contributed by atoms with van der Waals surface area (Å²) in [5, 5.41) is 10.2. The lowest BCUT2D eigenvalue weighted by Crippen LogP contribution is -2.39. The van der Waals surface area contributed by atoms with E-state index in [4.69, 9.17) is 4.74 Å². The number of anilines is 1. The van der Waals surface area contributed by atoms with Gasteiger partial charge in [-0.2, -0.15) is 26.3 Å². The molecule has 6 rings (SSSR count). The summed E-state index contributed by atoms with van der Waals surface area (Å²) in [5.74, 6) is -7.38. The predicted octanol–water partition coefficient (Wildman–Crippen LogP) is 6.41. The second-order valence-corrected chi connectivity index (χ2v) is 12.0. The largest absolute Gasteiger partial charge is 0.504 e. The third kappa shape index (κ3) is 4.89. The van der Waals surface area contributed by atoms with Crippen LogP contribution >= 0.6 is 15.9 Å². The Morgan fingerprint density at radius 1 is 0.911 bits per heavy atom. The number of ketones is 2. The first-order chi connectivity index (χ1) is 21.0. The highest BCUT2D eigenvalue weighted by molar-refractivity contribution is 9.12. The van der Waals surface area contributed by atoms with Gasteiger partial charge in [-0.1, -0.05) is 17.7 Å². The molecule has 2 amide bonds. The molecule has 0 spiro atoms. The molecule has 1 aliphatic heterocycles. The smallest absolute Gasteiger partial charge is 0.416 e. The Morgan fingerprint density at radius 2 is 1.56 bits per heavy atom. The van der Waals surface area contributed by atoms with Gasteiger partial charge in [0.1, 0.15) is 0 Å². The van der Waals surface area contributed by atoms with E-state index in [9.17, 15) is 50.6 Å². The van der Waals surface area contributed by atoms with Crippen LogP contribution in [0.1, 0.15) is 35.4 Å². The summed E-state index contributed by atoms with van der Waals surface area (Å²) in [6.45, 7) is 0. The standard InChI is InChI=1S/C31H20BrF6NO6/c1-45-23-6-12(2-5-21(23)40)24-16-3-4-17-25(18(16)10-19-26(24)22(41)11-20(32)27(19)42)29(44)39(28(17)43)15-8-13(30(33,34)35)7-14(9-15)31(36,37)38/h2-3,5-9,11,17-18,24-25,40H,4,10H2,1H3/t17-,18+,24-,25-/m0/s1. The van der Waals surface area contributed by atoms with Crippen molar-refractivity contribution < 1.29 is 55.4 Å². The molecule has 234 valence electrons. The molecule has 4 aliphatic rings. The average molecular weight is 696 g/mol. The van der Waals surface area contributed by atoms with Crippen LogP contribution in [0, 0.1) is 17.8 Å². The molecular formula is C31H20BrF6NO6. The molecule has 2 aromatic rings. The van der Waals surface area contributed by atoms with Gasteiger partial charge >= 0.3 is 12.4 Å². The normalized spacial score (nSPS) is 25.1. The third-order valence-corrected chi connectivity index (χ3v) is 9.29. The maximum absolute atomic E-state index is 14.0. The number of carbonyl (C=O) groups is 4. The number of imide groups is 1. The Morgan fingerprint density at radius 3 is 2.16 bits per heavy atom. The van der Waals surface area contributed by atoms with Crippen molar-refractivity contribution in [3.05, 3.63) is 86.4 Å². The lowest BCUT2D eigenvalue weighted by molar-refractivity contribution is -0.143. The molecule has 1 saturated heterocycles. The summed E-state index contributed by atoms with van der Waals surface area (Å²) >= 11 is 3.09. The molecule has 7 nitrogen and oxygen atoms in total. The number of rotatable bonds is 3. The number of halogens is 7. The molecule has 1 heterocycles. The van der Waals surface area contributed by atoms with Gasteiger partial charge in [-0.05, 0) is 70.6 Å². The molecule has 0 unspecified atom stereocenters. The highest BCUT2D eigenvalue weighted by atomic mass is 79.9. The number of ether oxygens (including phenoxy) is 1. The third-order valence-electron chi connectivity index (χ3n) is 8.70. The van der Waals surface area contributed by atoms with Crippen molar-refractivity contribution in [2.24, 2.45) is 17.8 Å². The fourth-order valence-electron chi connectivity index (χ4n) is 6.78. The summed E-state index contributed by atoms with van der Waals surface area (Å²) in [7, 11) is 1.31. The number of hydrogen-bond donors (Lipinski definition) is 1. The van der Waals surface area contributed by atoms with Crippen LogP contribution in [0.25, 0.3) is 0 Å². The molecule has 1 fully saturated rings. The van der Waals surface area contributed by atoms with Crippen LogP contribution in [0.4, 0.5) is 32.0 Å². The Labute approximate surface area is 259 Å². The van der Waals surface area contributed by atoms with E-state index >= 15 is 0 Å². The molecule has 0 saturated carbocycles. The number of hydrogen-bond acceptors (Lipinski definition) is 6. The number of phenolic OH excluding ortho intramolecular Hbond substituents is 1. The van der Waals surface area contributed by atoms with Gasteiger partial charge in [-0.25, -0.2) is 4.90 Å². The first-order valence-corrected chi connectivity index (χ1v) is 14.3. The minimum Gasteiger partial charge on any atom is -0.504 e. The van der Waals surface area contributed by atoms with Crippen LogP contribution in [-0.4, -0.2) is 35.6 Å². The van der Waals surface area contributed by atoms with Gasteiger partial charge in [-0.3, -0.25) is 19.2 Å². The number of fused-ring (bicyclic) bond motifs is 3. The van der Waals surface area contributed by atoms with Gasteiger partial charge in [0.15, 0.2) is 23.1 Å². The van der Waals surface area contributed by atoms with E-state index in [-0.39, 0.29) is 46.0 Å². The van der Waals surface area contributed by atoms with Crippen molar-refractivity contribution in [1.29, 1.82) is 0 Å². The van der Waals surface area contributed by atoms with Crippen molar-refractivity contribution in [1.82, 2.24) is 0 Å². The predicted molar refractivity (Wildman–Crippen MR) is 148 cm³/mol. The first-order valence-electron chi connectivity index (χ1n) is 13.5. The van der Waals surface area contributed by atoms with Crippen molar-refractivity contribution in [3.8, 4) is 11.5 Å². The van der Waals surface area contributed by atoms with Crippen LogP contribution in [-0.2, 0) is 31.5 Å². The van der Waals surface area contributed by atoms with E-state index in [1.54, 1.807) is 6.08 Å². The summed E-state index contributed by atoms with van der Waals surface area (Å²) in [6.07, 6.45) is -7.93. The summed E-state index contributed by atoms with van der Waals surface area (Å²) in [4.78, 5) is 54.6. The van der Waals surface area contributed by atoms with Crippen LogP contribution in [0.5, 0.6) is 11.5 Å². The maximum atomic E-state index is 14.0. The number of nitrogens with zero attached hydrogens (tertiary/aromatic N) is 1. The van der Waals surface area contributed by atoms with Crippen LogP contribution in [0.3, 0.4) is 0 Å². The van der Waals surface area contributed by atoms with Crippen LogP contribution in [0.15, 0.2) is 69.8 Å². The number of benzene rings is 2. The van der Waals surface area contributed by atoms with E-state index in [0.29, 0.717) is 28.2 Å². The van der Waals surface area contributed by atoms with E-state index in [0.717, 1.165) is 6.08 Å². The maximum Gasteiger partial charge on any atom is 0.416 e. The zero-order valence-electron chi connectivity index (χ0n) is 22.9. The molecule has 0 aromatic heterocycles. The van der Waals surface area contributed by atoms with E-state index < -0.39 is 76.2 Å². The highest BCUT2D eigenvalue weighted by Gasteiger charge is 2.57. The molecule has 14 heteroatoms. The molecule has 2 aromatic carbocycles. The zero-order chi connectivity index (χ0) is 32.7. The Bertz CT molecular complexity index is 1770. The molecular weight excluding hydrogens is 676 g/mol. The van der Waals surface area contributed by atoms with Crippen LogP contribution < -0.4 is 9.64 Å². The number of aromatic hydroxyl groups is 1.